The molecule has 2 unspecified atom stereocenters. The molecule has 0 radical (unpaired) electrons. The fraction of sp³-hybridized carbons (Fsp3) is 0.600. The fourth-order valence-electron chi connectivity index (χ4n) is 2.68. The maximum atomic E-state index is 9.24. The molecule has 2 atom stereocenters. The van der Waals surface area contributed by atoms with Gasteiger partial charge in [0.1, 0.15) is 5.75 Å². The van der Waals surface area contributed by atoms with Gasteiger partial charge in [-0.2, -0.15) is 0 Å². The van der Waals surface area contributed by atoms with E-state index in [1.165, 1.54) is 5.56 Å². The molecule has 0 aliphatic carbocycles. The van der Waals surface area contributed by atoms with Gasteiger partial charge in [-0.3, -0.25) is 0 Å². The average Bonchev–Trinajstić information content (AvgIpc) is 2.41. The molecule has 1 fully saturated rings. The van der Waals surface area contributed by atoms with Crippen molar-refractivity contribution in [3.05, 3.63) is 23.8 Å². The van der Waals surface area contributed by atoms with Crippen LogP contribution < -0.4 is 15.0 Å². The van der Waals surface area contributed by atoms with Crippen molar-refractivity contribution in [2.75, 3.05) is 31.7 Å². The number of hydrogen-bond donors (Lipinski definition) is 2. The Kier molecular flexibility index (Phi) is 4.66. The number of nitrogens with zero attached hydrogens (tertiary/aromatic N) is 1. The number of aliphatic hydroxyl groups is 1. The summed E-state index contributed by atoms with van der Waals surface area (Å²) < 4.78 is 5.49. The number of piperazine rings is 1. The van der Waals surface area contributed by atoms with Crippen LogP contribution in [0.1, 0.15) is 18.9 Å². The predicted octanol–water partition coefficient (Wildman–Crippen LogP) is 1.55. The van der Waals surface area contributed by atoms with Gasteiger partial charge in [0.25, 0.3) is 0 Å². The van der Waals surface area contributed by atoms with E-state index >= 15 is 0 Å². The molecule has 0 aromatic heterocycles. The van der Waals surface area contributed by atoms with E-state index in [9.17, 15) is 5.11 Å². The van der Waals surface area contributed by atoms with Crippen molar-refractivity contribution in [2.24, 2.45) is 0 Å². The lowest BCUT2D eigenvalue weighted by Crippen LogP contribution is -2.56. The lowest BCUT2D eigenvalue weighted by molar-refractivity contribution is 0.259. The minimum absolute atomic E-state index is 0.214. The number of hydrogen-bond acceptors (Lipinski definition) is 4. The summed E-state index contributed by atoms with van der Waals surface area (Å²) in [5.41, 5.74) is 2.36. The highest BCUT2D eigenvalue weighted by Gasteiger charge is 2.27. The van der Waals surface area contributed by atoms with Crippen molar-refractivity contribution in [1.29, 1.82) is 0 Å². The second kappa shape index (κ2) is 6.26. The average molecular weight is 264 g/mol. The Balaban J connectivity index is 2.32. The van der Waals surface area contributed by atoms with E-state index in [2.05, 4.69) is 36.2 Å². The van der Waals surface area contributed by atoms with E-state index in [1.807, 2.05) is 6.07 Å². The second-order valence-corrected chi connectivity index (χ2v) is 5.30. The molecule has 1 heterocycles. The standard InChI is InChI=1S/C15H24N2O2/c1-11-4-5-15(19-3)14(8-11)17-10-12(2)16-9-13(17)6-7-18/h4-5,8,12-13,16,18H,6-7,9-10H2,1-3H3. The summed E-state index contributed by atoms with van der Waals surface area (Å²) in [5, 5.41) is 12.7. The van der Waals surface area contributed by atoms with Gasteiger partial charge in [0.15, 0.2) is 0 Å². The van der Waals surface area contributed by atoms with Gasteiger partial charge in [-0.25, -0.2) is 0 Å². The molecule has 1 aromatic rings. The SMILES string of the molecule is COc1ccc(C)cc1N1CC(C)NCC1CCO. The van der Waals surface area contributed by atoms with Crippen molar-refractivity contribution in [2.45, 2.75) is 32.4 Å². The van der Waals surface area contributed by atoms with Crippen LogP contribution in [0.5, 0.6) is 5.75 Å². The summed E-state index contributed by atoms with van der Waals surface area (Å²) in [6, 6.07) is 7.01. The number of benzene rings is 1. The monoisotopic (exact) mass is 264 g/mol. The minimum Gasteiger partial charge on any atom is -0.495 e. The summed E-state index contributed by atoms with van der Waals surface area (Å²) in [7, 11) is 1.71. The Hall–Kier alpha value is -1.26. The molecule has 0 amide bonds. The fourth-order valence-corrected chi connectivity index (χ4v) is 2.68. The van der Waals surface area contributed by atoms with Gasteiger partial charge in [0.2, 0.25) is 0 Å². The van der Waals surface area contributed by atoms with Gasteiger partial charge < -0.3 is 20.1 Å². The van der Waals surface area contributed by atoms with Gasteiger partial charge in [-0.05, 0) is 38.0 Å². The first-order valence-electron chi connectivity index (χ1n) is 6.91. The Bertz CT molecular complexity index is 423. The molecule has 2 rings (SSSR count). The molecule has 19 heavy (non-hydrogen) atoms. The molecule has 1 aliphatic heterocycles. The number of nitrogens with one attached hydrogen (secondary N) is 1. The predicted molar refractivity (Wildman–Crippen MR) is 78.0 cm³/mol. The van der Waals surface area contributed by atoms with Crippen LogP contribution in [-0.2, 0) is 0 Å². The molecule has 106 valence electrons. The molecule has 1 saturated heterocycles. The number of ether oxygens (including phenoxy) is 1. The topological polar surface area (TPSA) is 44.7 Å². The van der Waals surface area contributed by atoms with Crippen LogP contribution in [0.25, 0.3) is 0 Å². The smallest absolute Gasteiger partial charge is 0.142 e. The van der Waals surface area contributed by atoms with Crippen LogP contribution >= 0.6 is 0 Å². The number of anilines is 1. The Morgan fingerprint density at radius 2 is 2.26 bits per heavy atom. The van der Waals surface area contributed by atoms with E-state index in [0.717, 1.165) is 30.9 Å². The first kappa shape index (κ1) is 14.2. The molecule has 4 heteroatoms. The molecular formula is C15H24N2O2. The minimum atomic E-state index is 0.214. The van der Waals surface area contributed by atoms with Gasteiger partial charge in [0, 0.05) is 31.8 Å². The van der Waals surface area contributed by atoms with Crippen molar-refractivity contribution >= 4 is 5.69 Å². The summed E-state index contributed by atoms with van der Waals surface area (Å²) >= 11 is 0. The van der Waals surface area contributed by atoms with Crippen molar-refractivity contribution in [1.82, 2.24) is 5.32 Å². The second-order valence-electron chi connectivity index (χ2n) is 5.30. The molecular weight excluding hydrogens is 240 g/mol. The summed E-state index contributed by atoms with van der Waals surface area (Å²) in [6.07, 6.45) is 0.775. The maximum absolute atomic E-state index is 9.24. The van der Waals surface area contributed by atoms with Crippen LogP contribution in [-0.4, -0.2) is 44.0 Å². The Morgan fingerprint density at radius 3 is 2.95 bits per heavy atom. The molecule has 1 aromatic carbocycles. The quantitative estimate of drug-likeness (QED) is 0.866. The zero-order valence-electron chi connectivity index (χ0n) is 12.0. The Morgan fingerprint density at radius 1 is 1.47 bits per heavy atom. The molecule has 0 saturated carbocycles. The van der Waals surface area contributed by atoms with Gasteiger partial charge >= 0.3 is 0 Å². The third kappa shape index (κ3) is 3.19. The third-order valence-corrected chi connectivity index (χ3v) is 3.72. The Labute approximate surface area is 115 Å². The zero-order valence-corrected chi connectivity index (χ0v) is 12.0. The first-order chi connectivity index (χ1) is 9.15. The number of aryl methyl sites for hydroxylation is 1. The van der Waals surface area contributed by atoms with Gasteiger partial charge in [-0.15, -0.1) is 0 Å². The van der Waals surface area contributed by atoms with Crippen molar-refractivity contribution < 1.29 is 9.84 Å². The summed E-state index contributed by atoms with van der Waals surface area (Å²) in [4.78, 5) is 2.36. The lowest BCUT2D eigenvalue weighted by Gasteiger charge is -2.41. The van der Waals surface area contributed by atoms with Crippen LogP contribution in [0.3, 0.4) is 0 Å². The highest BCUT2D eigenvalue weighted by molar-refractivity contribution is 5.61. The van der Waals surface area contributed by atoms with E-state index in [1.54, 1.807) is 7.11 Å². The highest BCUT2D eigenvalue weighted by atomic mass is 16.5. The maximum Gasteiger partial charge on any atom is 0.142 e. The first-order valence-corrected chi connectivity index (χ1v) is 6.91. The van der Waals surface area contributed by atoms with Crippen LogP contribution in [0.4, 0.5) is 5.69 Å². The van der Waals surface area contributed by atoms with Crippen molar-refractivity contribution in [3.63, 3.8) is 0 Å². The third-order valence-electron chi connectivity index (χ3n) is 3.72. The molecule has 2 N–H and O–H groups in total. The van der Waals surface area contributed by atoms with Crippen LogP contribution in [0.2, 0.25) is 0 Å². The summed E-state index contributed by atoms with van der Waals surface area (Å²) in [5.74, 6) is 0.905. The highest BCUT2D eigenvalue weighted by Crippen LogP contribution is 2.32. The van der Waals surface area contributed by atoms with Gasteiger partial charge in [-0.1, -0.05) is 6.07 Å². The summed E-state index contributed by atoms with van der Waals surface area (Å²) in [6.45, 7) is 6.33. The lowest BCUT2D eigenvalue weighted by atomic mass is 10.0. The van der Waals surface area contributed by atoms with Gasteiger partial charge in [0.05, 0.1) is 12.8 Å². The zero-order chi connectivity index (χ0) is 13.8. The number of methoxy groups -OCH3 is 1. The van der Waals surface area contributed by atoms with Crippen molar-refractivity contribution in [3.8, 4) is 5.75 Å². The van der Waals surface area contributed by atoms with E-state index in [-0.39, 0.29) is 6.61 Å². The van der Waals surface area contributed by atoms with E-state index < -0.39 is 0 Å². The molecule has 4 nitrogen and oxygen atoms in total. The normalized spacial score (nSPS) is 23.5. The number of rotatable bonds is 4. The number of aliphatic hydroxyl groups excluding tert-OH is 1. The largest absolute Gasteiger partial charge is 0.495 e. The molecule has 0 spiro atoms. The van der Waals surface area contributed by atoms with Crippen LogP contribution in [0.15, 0.2) is 18.2 Å². The van der Waals surface area contributed by atoms with E-state index in [0.29, 0.717) is 12.1 Å². The van der Waals surface area contributed by atoms with Crippen LogP contribution in [0, 0.1) is 6.92 Å². The van der Waals surface area contributed by atoms with E-state index in [4.69, 9.17) is 4.74 Å². The molecule has 1 aliphatic rings. The molecule has 0 bridgehead atoms.